The normalized spacial score (nSPS) is 12.2. The molecule has 0 aliphatic rings. The van der Waals surface area contributed by atoms with Gasteiger partial charge >= 0.3 is 0 Å². The quantitative estimate of drug-likeness (QED) is 0.870. The van der Waals surface area contributed by atoms with Crippen molar-refractivity contribution in [3.63, 3.8) is 0 Å². The zero-order chi connectivity index (χ0) is 16.1. The third-order valence-electron chi connectivity index (χ3n) is 3.25. The molecule has 2 rings (SSSR count). The predicted molar refractivity (Wildman–Crippen MR) is 81.6 cm³/mol. The average molecular weight is 303 g/mol. The average Bonchev–Trinajstić information content (AvgIpc) is 2.90. The van der Waals surface area contributed by atoms with Gasteiger partial charge in [-0.25, -0.2) is 4.68 Å². The Balaban J connectivity index is 2.28. The second-order valence-corrected chi connectivity index (χ2v) is 5.41. The fourth-order valence-corrected chi connectivity index (χ4v) is 2.22. The zero-order valence-corrected chi connectivity index (χ0v) is 13.3. The summed E-state index contributed by atoms with van der Waals surface area (Å²) in [7, 11) is 1.62. The van der Waals surface area contributed by atoms with Gasteiger partial charge in [0.05, 0.1) is 7.11 Å². The maximum absolute atomic E-state index is 12.5. The number of carbonyl (C=O) groups excluding carboxylic acids is 1. The van der Waals surface area contributed by atoms with Gasteiger partial charge in [-0.3, -0.25) is 4.79 Å². The number of carbonyl (C=O) groups is 1. The van der Waals surface area contributed by atoms with Gasteiger partial charge in [0.2, 0.25) is 5.91 Å². The number of nitrogens with one attached hydrogen (secondary N) is 1. The van der Waals surface area contributed by atoms with Crippen LogP contribution in [0.15, 0.2) is 24.3 Å². The molecule has 7 heteroatoms. The Morgan fingerprint density at radius 3 is 2.77 bits per heavy atom. The number of aromatic nitrogens is 4. The number of ether oxygens (including phenoxy) is 1. The molecular weight excluding hydrogens is 282 g/mol. The molecule has 0 unspecified atom stereocenters. The Morgan fingerprint density at radius 2 is 2.18 bits per heavy atom. The van der Waals surface area contributed by atoms with E-state index in [4.69, 9.17) is 4.74 Å². The van der Waals surface area contributed by atoms with Crippen molar-refractivity contribution in [3.05, 3.63) is 35.7 Å². The van der Waals surface area contributed by atoms with Gasteiger partial charge in [-0.15, -0.1) is 5.10 Å². The third-order valence-corrected chi connectivity index (χ3v) is 3.25. The molecule has 1 amide bonds. The molecule has 0 aliphatic heterocycles. The molecule has 0 fully saturated rings. The summed E-state index contributed by atoms with van der Waals surface area (Å²) >= 11 is 0. The maximum atomic E-state index is 12.5. The number of benzene rings is 1. The smallest absolute Gasteiger partial charge is 0.245 e. The molecule has 0 radical (unpaired) electrons. The van der Waals surface area contributed by atoms with Crippen LogP contribution in [-0.4, -0.2) is 39.3 Å². The molecule has 0 saturated carbocycles. The maximum Gasteiger partial charge on any atom is 0.245 e. The van der Waals surface area contributed by atoms with E-state index in [1.165, 1.54) is 0 Å². The SMILES string of the molecule is COc1cccc(C[C@@H](C(=O)NC(C)C)n2nnnc2C)c1. The van der Waals surface area contributed by atoms with Gasteiger partial charge in [0, 0.05) is 12.5 Å². The first kappa shape index (κ1) is 15.9. The van der Waals surface area contributed by atoms with Crippen molar-refractivity contribution >= 4 is 5.91 Å². The van der Waals surface area contributed by atoms with Crippen molar-refractivity contribution in [1.82, 2.24) is 25.5 Å². The van der Waals surface area contributed by atoms with E-state index in [2.05, 4.69) is 20.8 Å². The highest BCUT2D eigenvalue weighted by molar-refractivity contribution is 5.80. The summed E-state index contributed by atoms with van der Waals surface area (Å²) in [6.45, 7) is 5.63. The van der Waals surface area contributed by atoms with Crippen molar-refractivity contribution < 1.29 is 9.53 Å². The molecule has 1 atom stereocenters. The Kier molecular flexibility index (Phi) is 5.08. The minimum atomic E-state index is -0.496. The number of hydrogen-bond donors (Lipinski definition) is 1. The molecule has 1 N–H and O–H groups in total. The number of tetrazole rings is 1. The van der Waals surface area contributed by atoms with E-state index >= 15 is 0 Å². The Morgan fingerprint density at radius 1 is 1.41 bits per heavy atom. The summed E-state index contributed by atoms with van der Waals surface area (Å²) in [6.07, 6.45) is 0.488. The molecular formula is C15H21N5O2. The van der Waals surface area contributed by atoms with E-state index in [9.17, 15) is 4.79 Å². The van der Waals surface area contributed by atoms with Crippen molar-refractivity contribution in [2.75, 3.05) is 7.11 Å². The van der Waals surface area contributed by atoms with Crippen molar-refractivity contribution in [2.24, 2.45) is 0 Å². The van der Waals surface area contributed by atoms with Crippen molar-refractivity contribution in [3.8, 4) is 5.75 Å². The van der Waals surface area contributed by atoms with Crippen LogP contribution in [0, 0.1) is 6.92 Å². The summed E-state index contributed by atoms with van der Waals surface area (Å²) in [6, 6.07) is 7.20. The molecule has 1 heterocycles. The largest absolute Gasteiger partial charge is 0.497 e. The molecule has 1 aromatic heterocycles. The standard InChI is InChI=1S/C15H21N5O2/c1-10(2)16-15(21)14(20-11(3)17-18-19-20)9-12-6-5-7-13(8-12)22-4/h5-8,10,14H,9H2,1-4H3,(H,16,21)/t14-/m0/s1. The fourth-order valence-electron chi connectivity index (χ4n) is 2.22. The van der Waals surface area contributed by atoms with Crippen LogP contribution in [0.25, 0.3) is 0 Å². The van der Waals surface area contributed by atoms with Crippen LogP contribution in [0.1, 0.15) is 31.3 Å². The molecule has 0 saturated heterocycles. The number of rotatable bonds is 6. The topological polar surface area (TPSA) is 81.9 Å². The van der Waals surface area contributed by atoms with Crippen LogP contribution in [0.3, 0.4) is 0 Å². The molecule has 7 nitrogen and oxygen atoms in total. The van der Waals surface area contributed by atoms with Crippen LogP contribution in [0.4, 0.5) is 0 Å². The van der Waals surface area contributed by atoms with Crippen molar-refractivity contribution in [1.29, 1.82) is 0 Å². The van der Waals surface area contributed by atoms with E-state index in [0.29, 0.717) is 12.2 Å². The summed E-state index contributed by atoms with van der Waals surface area (Å²) in [5.74, 6) is 1.26. The first-order chi connectivity index (χ1) is 10.5. The lowest BCUT2D eigenvalue weighted by Crippen LogP contribution is -2.38. The van der Waals surface area contributed by atoms with Crippen LogP contribution < -0.4 is 10.1 Å². The van der Waals surface area contributed by atoms with E-state index in [1.54, 1.807) is 18.7 Å². The summed E-state index contributed by atoms with van der Waals surface area (Å²) in [4.78, 5) is 12.5. The van der Waals surface area contributed by atoms with Crippen LogP contribution in [0.5, 0.6) is 5.75 Å². The molecule has 0 bridgehead atoms. The lowest BCUT2D eigenvalue weighted by atomic mass is 10.0. The van der Waals surface area contributed by atoms with Crippen molar-refractivity contribution in [2.45, 2.75) is 39.3 Å². The van der Waals surface area contributed by atoms with Crippen LogP contribution >= 0.6 is 0 Å². The van der Waals surface area contributed by atoms with E-state index < -0.39 is 6.04 Å². The minimum Gasteiger partial charge on any atom is -0.497 e. The van der Waals surface area contributed by atoms with Gasteiger partial charge in [0.25, 0.3) is 0 Å². The van der Waals surface area contributed by atoms with Gasteiger partial charge < -0.3 is 10.1 Å². The highest BCUT2D eigenvalue weighted by atomic mass is 16.5. The fraction of sp³-hybridized carbons (Fsp3) is 0.467. The highest BCUT2D eigenvalue weighted by Crippen LogP contribution is 2.19. The molecule has 118 valence electrons. The van der Waals surface area contributed by atoms with Gasteiger partial charge in [-0.05, 0) is 48.9 Å². The zero-order valence-electron chi connectivity index (χ0n) is 13.3. The summed E-state index contributed by atoms with van der Waals surface area (Å²) in [5.41, 5.74) is 0.984. The molecule has 1 aromatic carbocycles. The lowest BCUT2D eigenvalue weighted by molar-refractivity contribution is -0.125. The highest BCUT2D eigenvalue weighted by Gasteiger charge is 2.24. The second-order valence-electron chi connectivity index (χ2n) is 5.41. The number of aryl methyl sites for hydroxylation is 1. The van der Waals surface area contributed by atoms with E-state index in [1.807, 2.05) is 38.1 Å². The van der Waals surface area contributed by atoms with Gasteiger partial charge in [-0.1, -0.05) is 12.1 Å². The Labute approximate surface area is 129 Å². The summed E-state index contributed by atoms with van der Waals surface area (Å²) < 4.78 is 6.78. The number of amides is 1. The van der Waals surface area contributed by atoms with Crippen LogP contribution in [-0.2, 0) is 11.2 Å². The van der Waals surface area contributed by atoms with Gasteiger partial charge in [-0.2, -0.15) is 0 Å². The monoisotopic (exact) mass is 303 g/mol. The van der Waals surface area contributed by atoms with Gasteiger partial charge in [0.1, 0.15) is 17.6 Å². The molecule has 2 aromatic rings. The second kappa shape index (κ2) is 7.02. The third kappa shape index (κ3) is 3.81. The van der Waals surface area contributed by atoms with Crippen LogP contribution in [0.2, 0.25) is 0 Å². The molecule has 22 heavy (non-hydrogen) atoms. The molecule has 0 spiro atoms. The minimum absolute atomic E-state index is 0.0529. The van der Waals surface area contributed by atoms with E-state index in [-0.39, 0.29) is 11.9 Å². The van der Waals surface area contributed by atoms with Gasteiger partial charge in [0.15, 0.2) is 0 Å². The van der Waals surface area contributed by atoms with E-state index in [0.717, 1.165) is 11.3 Å². The Bertz CT molecular complexity index is 638. The Hall–Kier alpha value is -2.44. The predicted octanol–water partition coefficient (Wildman–Crippen LogP) is 1.30. The number of nitrogens with zero attached hydrogens (tertiary/aromatic N) is 4. The number of hydrogen-bond acceptors (Lipinski definition) is 5. The number of methoxy groups -OCH3 is 1. The first-order valence-electron chi connectivity index (χ1n) is 7.19. The summed E-state index contributed by atoms with van der Waals surface area (Å²) in [5, 5.41) is 14.4. The first-order valence-corrected chi connectivity index (χ1v) is 7.19. The lowest BCUT2D eigenvalue weighted by Gasteiger charge is -2.19. The molecule has 0 aliphatic carbocycles.